The van der Waals surface area contributed by atoms with Crippen molar-refractivity contribution < 1.29 is 4.42 Å². The van der Waals surface area contributed by atoms with Gasteiger partial charge in [-0.2, -0.15) is 0 Å². The van der Waals surface area contributed by atoms with Gasteiger partial charge in [0.1, 0.15) is 0 Å². The number of nitrogens with two attached hydrogens (primary N) is 1. The molecule has 0 unspecified atom stereocenters. The Balaban J connectivity index is 2.36. The Morgan fingerprint density at radius 1 is 1.23 bits per heavy atom. The molecule has 0 atom stereocenters. The zero-order chi connectivity index (χ0) is 9.10. The van der Waals surface area contributed by atoms with Crippen molar-refractivity contribution in [3.05, 3.63) is 36.5 Å². The number of aromatic nitrogens is 1. The summed E-state index contributed by atoms with van der Waals surface area (Å²) in [6, 6.07) is 9.64. The molecule has 4 heteroatoms. The van der Waals surface area contributed by atoms with Gasteiger partial charge in [-0.1, -0.05) is 18.2 Å². The van der Waals surface area contributed by atoms with Crippen LogP contribution in [0.25, 0.3) is 11.5 Å². The lowest BCUT2D eigenvalue weighted by molar-refractivity contribution is 0.587. The Morgan fingerprint density at radius 2 is 2.00 bits per heavy atom. The van der Waals surface area contributed by atoms with E-state index in [1.807, 2.05) is 30.3 Å². The number of oxazole rings is 1. The molecular formula is C9H9N3O. The van der Waals surface area contributed by atoms with E-state index >= 15 is 0 Å². The largest absolute Gasteiger partial charge is 0.419 e. The van der Waals surface area contributed by atoms with E-state index in [1.54, 1.807) is 6.20 Å². The van der Waals surface area contributed by atoms with Crippen molar-refractivity contribution in [1.82, 2.24) is 4.98 Å². The van der Waals surface area contributed by atoms with Crippen molar-refractivity contribution in [2.45, 2.75) is 0 Å². The quantitative estimate of drug-likeness (QED) is 0.537. The van der Waals surface area contributed by atoms with E-state index in [4.69, 9.17) is 10.3 Å². The standard InChI is InChI=1S/C9H9N3O/c10-12-8-6-11-9(13-8)7-4-2-1-3-5-7/h1-6,12H,10H2. The van der Waals surface area contributed by atoms with Crippen LogP contribution >= 0.6 is 0 Å². The molecule has 0 aliphatic carbocycles. The van der Waals surface area contributed by atoms with Gasteiger partial charge >= 0.3 is 0 Å². The van der Waals surface area contributed by atoms with Crippen LogP contribution in [0, 0.1) is 0 Å². The number of hydrazine groups is 1. The molecule has 4 nitrogen and oxygen atoms in total. The summed E-state index contributed by atoms with van der Waals surface area (Å²) in [5.41, 5.74) is 3.32. The molecule has 0 fully saturated rings. The van der Waals surface area contributed by atoms with Crippen LogP contribution in [0.5, 0.6) is 0 Å². The van der Waals surface area contributed by atoms with Gasteiger partial charge in [-0.05, 0) is 12.1 Å². The average Bonchev–Trinajstić information content (AvgIpc) is 2.67. The van der Waals surface area contributed by atoms with Crippen molar-refractivity contribution in [1.29, 1.82) is 0 Å². The summed E-state index contributed by atoms with van der Waals surface area (Å²) in [4.78, 5) is 4.05. The number of hydrogen-bond acceptors (Lipinski definition) is 4. The zero-order valence-corrected chi connectivity index (χ0v) is 6.90. The monoisotopic (exact) mass is 175 g/mol. The van der Waals surface area contributed by atoms with Gasteiger partial charge in [0.25, 0.3) is 0 Å². The molecule has 0 spiro atoms. The molecule has 0 amide bonds. The Kier molecular flexibility index (Phi) is 1.97. The summed E-state index contributed by atoms with van der Waals surface area (Å²) >= 11 is 0. The second kappa shape index (κ2) is 3.28. The van der Waals surface area contributed by atoms with E-state index in [2.05, 4.69) is 10.4 Å². The van der Waals surface area contributed by atoms with E-state index < -0.39 is 0 Å². The summed E-state index contributed by atoms with van der Waals surface area (Å²) in [5, 5.41) is 0. The van der Waals surface area contributed by atoms with E-state index in [9.17, 15) is 0 Å². The maximum absolute atomic E-state index is 5.27. The van der Waals surface area contributed by atoms with Gasteiger partial charge in [0.2, 0.25) is 11.8 Å². The first-order chi connectivity index (χ1) is 6.40. The second-order valence-corrected chi connectivity index (χ2v) is 2.54. The predicted molar refractivity (Wildman–Crippen MR) is 49.7 cm³/mol. The number of rotatable bonds is 2. The van der Waals surface area contributed by atoms with Gasteiger partial charge in [-0.3, -0.25) is 5.43 Å². The number of nitrogens with zero attached hydrogens (tertiary/aromatic N) is 1. The molecular weight excluding hydrogens is 166 g/mol. The minimum atomic E-state index is 0.457. The molecule has 0 radical (unpaired) electrons. The summed E-state index contributed by atoms with van der Waals surface area (Å²) in [6.45, 7) is 0. The first-order valence-electron chi connectivity index (χ1n) is 3.88. The summed E-state index contributed by atoms with van der Waals surface area (Å²) < 4.78 is 5.27. The fraction of sp³-hybridized carbons (Fsp3) is 0. The van der Waals surface area contributed by atoms with Gasteiger partial charge in [0.05, 0.1) is 6.20 Å². The molecule has 3 N–H and O–H groups in total. The molecule has 0 saturated carbocycles. The first-order valence-corrected chi connectivity index (χ1v) is 3.88. The Bertz CT molecular complexity index is 383. The van der Waals surface area contributed by atoms with Crippen LogP contribution in [-0.4, -0.2) is 4.98 Å². The second-order valence-electron chi connectivity index (χ2n) is 2.54. The molecule has 0 aliphatic rings. The molecule has 66 valence electrons. The van der Waals surface area contributed by atoms with Crippen LogP contribution in [0.4, 0.5) is 5.88 Å². The van der Waals surface area contributed by atoms with Crippen LogP contribution in [0.15, 0.2) is 40.9 Å². The highest BCUT2D eigenvalue weighted by Gasteiger charge is 2.03. The third kappa shape index (κ3) is 1.52. The maximum atomic E-state index is 5.27. The molecule has 1 aromatic heterocycles. The number of anilines is 1. The van der Waals surface area contributed by atoms with E-state index in [-0.39, 0.29) is 0 Å². The lowest BCUT2D eigenvalue weighted by Gasteiger charge is -1.93. The third-order valence-corrected chi connectivity index (χ3v) is 1.67. The highest BCUT2D eigenvalue weighted by molar-refractivity contribution is 5.54. The van der Waals surface area contributed by atoms with Gasteiger partial charge in [-0.15, -0.1) is 0 Å². The van der Waals surface area contributed by atoms with Crippen molar-refractivity contribution >= 4 is 5.88 Å². The smallest absolute Gasteiger partial charge is 0.228 e. The summed E-state index contributed by atoms with van der Waals surface area (Å²) in [7, 11) is 0. The van der Waals surface area contributed by atoms with Gasteiger partial charge in [0.15, 0.2) is 0 Å². The van der Waals surface area contributed by atoms with Crippen LogP contribution in [0.3, 0.4) is 0 Å². The van der Waals surface area contributed by atoms with Crippen molar-refractivity contribution in [3.8, 4) is 11.5 Å². The van der Waals surface area contributed by atoms with Gasteiger partial charge in [0, 0.05) is 5.56 Å². The number of hydrogen-bond donors (Lipinski definition) is 2. The minimum absolute atomic E-state index is 0.457. The molecule has 13 heavy (non-hydrogen) atoms. The molecule has 2 rings (SSSR count). The molecule has 0 aliphatic heterocycles. The van der Waals surface area contributed by atoms with Crippen LogP contribution in [0.1, 0.15) is 0 Å². The minimum Gasteiger partial charge on any atom is -0.419 e. The molecule has 1 aromatic carbocycles. The Hall–Kier alpha value is -1.81. The number of nitrogen functional groups attached to an aromatic ring is 1. The topological polar surface area (TPSA) is 64.1 Å². The third-order valence-electron chi connectivity index (χ3n) is 1.67. The van der Waals surface area contributed by atoms with Crippen molar-refractivity contribution in [2.24, 2.45) is 5.84 Å². The SMILES string of the molecule is NNc1cnc(-c2ccccc2)o1. The molecule has 2 aromatic rings. The highest BCUT2D eigenvalue weighted by atomic mass is 16.4. The van der Waals surface area contributed by atoms with E-state index in [1.165, 1.54) is 0 Å². The van der Waals surface area contributed by atoms with Crippen molar-refractivity contribution in [2.75, 3.05) is 5.43 Å². The normalized spacial score (nSPS) is 9.92. The fourth-order valence-electron chi connectivity index (χ4n) is 1.06. The summed E-state index contributed by atoms with van der Waals surface area (Å²) in [5.74, 6) is 6.18. The molecule has 0 saturated heterocycles. The fourth-order valence-corrected chi connectivity index (χ4v) is 1.06. The van der Waals surface area contributed by atoms with Gasteiger partial charge in [-0.25, -0.2) is 10.8 Å². The maximum Gasteiger partial charge on any atom is 0.228 e. The number of nitrogens with one attached hydrogen (secondary N) is 1. The van der Waals surface area contributed by atoms with Crippen LogP contribution in [-0.2, 0) is 0 Å². The lowest BCUT2D eigenvalue weighted by Crippen LogP contribution is -2.04. The molecule has 1 heterocycles. The Labute approximate surface area is 75.4 Å². The first kappa shape index (κ1) is 7.82. The van der Waals surface area contributed by atoms with E-state index in [0.717, 1.165) is 5.56 Å². The average molecular weight is 175 g/mol. The highest BCUT2D eigenvalue weighted by Crippen LogP contribution is 2.20. The Morgan fingerprint density at radius 3 is 2.62 bits per heavy atom. The summed E-state index contributed by atoms with van der Waals surface area (Å²) in [6.07, 6.45) is 1.54. The van der Waals surface area contributed by atoms with Crippen LogP contribution in [0.2, 0.25) is 0 Å². The predicted octanol–water partition coefficient (Wildman–Crippen LogP) is 1.63. The van der Waals surface area contributed by atoms with Crippen molar-refractivity contribution in [3.63, 3.8) is 0 Å². The molecule has 0 bridgehead atoms. The van der Waals surface area contributed by atoms with Gasteiger partial charge < -0.3 is 4.42 Å². The van der Waals surface area contributed by atoms with E-state index in [0.29, 0.717) is 11.8 Å². The zero-order valence-electron chi connectivity index (χ0n) is 6.90. The van der Waals surface area contributed by atoms with Crippen LogP contribution < -0.4 is 11.3 Å². The lowest BCUT2D eigenvalue weighted by atomic mass is 10.2. The number of benzene rings is 1.